The number of amides is 1. The van der Waals surface area contributed by atoms with Crippen LogP contribution in [0.1, 0.15) is 12.5 Å². The van der Waals surface area contributed by atoms with Gasteiger partial charge in [-0.3, -0.25) is 9.78 Å². The minimum atomic E-state index is 0.0194. The predicted octanol–water partition coefficient (Wildman–Crippen LogP) is 2.88. The number of ether oxygens (including phenoxy) is 2. The molecule has 2 aromatic heterocycles. The van der Waals surface area contributed by atoms with E-state index in [2.05, 4.69) is 15.2 Å². The molecular formula is C21H23N5O3S. The molecule has 1 aromatic carbocycles. The second-order valence-corrected chi connectivity index (χ2v) is 7.75. The van der Waals surface area contributed by atoms with E-state index >= 15 is 0 Å². The van der Waals surface area contributed by atoms with Crippen molar-refractivity contribution in [3.63, 3.8) is 0 Å². The first-order chi connectivity index (χ1) is 14.7. The number of rotatable bonds is 7. The molecule has 9 heteroatoms. The minimum absolute atomic E-state index is 0.0194. The summed E-state index contributed by atoms with van der Waals surface area (Å²) in [6.07, 6.45) is 3.46. The molecule has 0 bridgehead atoms. The lowest BCUT2D eigenvalue weighted by molar-refractivity contribution is -0.127. The fourth-order valence-electron chi connectivity index (χ4n) is 3.18. The third-order valence-electron chi connectivity index (χ3n) is 4.75. The van der Waals surface area contributed by atoms with Crippen molar-refractivity contribution in [2.75, 3.05) is 26.0 Å². The lowest BCUT2D eigenvalue weighted by Crippen LogP contribution is -2.28. The van der Waals surface area contributed by atoms with Crippen LogP contribution in [0.3, 0.4) is 0 Å². The zero-order valence-corrected chi connectivity index (χ0v) is 17.8. The summed E-state index contributed by atoms with van der Waals surface area (Å²) < 4.78 is 13.2. The van der Waals surface area contributed by atoms with E-state index in [1.165, 1.54) is 11.8 Å². The van der Waals surface area contributed by atoms with Crippen molar-refractivity contribution in [2.45, 2.75) is 25.2 Å². The molecule has 0 unspecified atom stereocenters. The molecule has 0 fully saturated rings. The highest BCUT2D eigenvalue weighted by Gasteiger charge is 2.17. The van der Waals surface area contributed by atoms with Crippen LogP contribution in [0.4, 0.5) is 0 Å². The predicted molar refractivity (Wildman–Crippen MR) is 114 cm³/mol. The molecule has 1 aliphatic rings. The van der Waals surface area contributed by atoms with Gasteiger partial charge in [0.2, 0.25) is 5.91 Å². The summed E-state index contributed by atoms with van der Waals surface area (Å²) in [7, 11) is 1.80. The maximum atomic E-state index is 12.7. The van der Waals surface area contributed by atoms with Gasteiger partial charge in [-0.1, -0.05) is 17.8 Å². The molecule has 0 atom stereocenters. The molecule has 0 aliphatic carbocycles. The van der Waals surface area contributed by atoms with Gasteiger partial charge < -0.3 is 18.9 Å². The van der Waals surface area contributed by atoms with Gasteiger partial charge in [0.15, 0.2) is 22.5 Å². The number of carbonyl (C=O) groups is 1. The van der Waals surface area contributed by atoms with Crippen molar-refractivity contribution >= 4 is 17.7 Å². The van der Waals surface area contributed by atoms with Crippen molar-refractivity contribution in [1.82, 2.24) is 24.6 Å². The summed E-state index contributed by atoms with van der Waals surface area (Å²) >= 11 is 1.39. The van der Waals surface area contributed by atoms with Gasteiger partial charge in [-0.15, -0.1) is 10.2 Å². The molecule has 1 aliphatic heterocycles. The van der Waals surface area contributed by atoms with Crippen LogP contribution in [-0.2, 0) is 17.9 Å². The Kier molecular flexibility index (Phi) is 6.18. The van der Waals surface area contributed by atoms with Crippen molar-refractivity contribution < 1.29 is 14.3 Å². The summed E-state index contributed by atoms with van der Waals surface area (Å²) in [5.41, 5.74) is 1.95. The molecule has 0 saturated heterocycles. The summed E-state index contributed by atoms with van der Waals surface area (Å²) in [4.78, 5) is 18.4. The average Bonchev–Trinajstić information content (AvgIpc) is 3.20. The van der Waals surface area contributed by atoms with Crippen molar-refractivity contribution in [2.24, 2.45) is 0 Å². The van der Waals surface area contributed by atoms with Crippen molar-refractivity contribution in [1.29, 1.82) is 0 Å². The van der Waals surface area contributed by atoms with Gasteiger partial charge in [0.1, 0.15) is 13.2 Å². The van der Waals surface area contributed by atoms with E-state index in [1.807, 2.05) is 41.8 Å². The van der Waals surface area contributed by atoms with Crippen LogP contribution in [0.15, 0.2) is 47.9 Å². The van der Waals surface area contributed by atoms with Gasteiger partial charge in [0.05, 0.1) is 5.75 Å². The Labute approximate surface area is 179 Å². The first kappa shape index (κ1) is 20.2. The van der Waals surface area contributed by atoms with Crippen LogP contribution in [0, 0.1) is 0 Å². The van der Waals surface area contributed by atoms with E-state index < -0.39 is 0 Å². The molecule has 156 valence electrons. The lowest BCUT2D eigenvalue weighted by Gasteiger charge is -2.21. The Hall–Kier alpha value is -3.07. The topological polar surface area (TPSA) is 82.4 Å². The molecule has 30 heavy (non-hydrogen) atoms. The Morgan fingerprint density at radius 1 is 1.13 bits per heavy atom. The van der Waals surface area contributed by atoms with Gasteiger partial charge in [-0.25, -0.2) is 0 Å². The van der Waals surface area contributed by atoms with Crippen LogP contribution >= 0.6 is 11.8 Å². The molecule has 0 N–H and O–H groups in total. The molecule has 0 radical (unpaired) electrons. The van der Waals surface area contributed by atoms with Crippen LogP contribution in [0.5, 0.6) is 11.5 Å². The monoisotopic (exact) mass is 425 g/mol. The second kappa shape index (κ2) is 9.17. The lowest BCUT2D eigenvalue weighted by atomic mass is 10.2. The summed E-state index contributed by atoms with van der Waals surface area (Å²) in [6.45, 7) is 4.36. The largest absolute Gasteiger partial charge is 0.486 e. The van der Waals surface area contributed by atoms with E-state index in [9.17, 15) is 4.79 Å². The number of pyridine rings is 1. The zero-order chi connectivity index (χ0) is 20.9. The van der Waals surface area contributed by atoms with Crippen LogP contribution < -0.4 is 9.47 Å². The summed E-state index contributed by atoms with van der Waals surface area (Å²) in [5, 5.41) is 9.31. The zero-order valence-electron chi connectivity index (χ0n) is 16.9. The van der Waals surface area contributed by atoms with Crippen LogP contribution in [0.25, 0.3) is 11.4 Å². The van der Waals surface area contributed by atoms with E-state index in [4.69, 9.17) is 9.47 Å². The molecule has 8 nitrogen and oxygen atoms in total. The highest BCUT2D eigenvalue weighted by molar-refractivity contribution is 7.99. The quantitative estimate of drug-likeness (QED) is 0.538. The minimum Gasteiger partial charge on any atom is -0.486 e. The van der Waals surface area contributed by atoms with Crippen molar-refractivity contribution in [3.8, 4) is 22.9 Å². The first-order valence-electron chi connectivity index (χ1n) is 9.74. The average molecular weight is 426 g/mol. The maximum absolute atomic E-state index is 12.7. The number of hydrogen-bond acceptors (Lipinski definition) is 7. The van der Waals surface area contributed by atoms with E-state index in [1.54, 1.807) is 24.3 Å². The molecule has 4 rings (SSSR count). The summed E-state index contributed by atoms with van der Waals surface area (Å²) in [5.74, 6) is 2.56. The Balaban J connectivity index is 1.38. The molecule has 0 saturated carbocycles. The van der Waals surface area contributed by atoms with E-state index in [-0.39, 0.29) is 11.7 Å². The Morgan fingerprint density at radius 2 is 1.90 bits per heavy atom. The van der Waals surface area contributed by atoms with Crippen molar-refractivity contribution in [3.05, 3.63) is 48.3 Å². The Bertz CT molecular complexity index is 1020. The van der Waals surface area contributed by atoms with E-state index in [0.29, 0.717) is 26.3 Å². The van der Waals surface area contributed by atoms with Gasteiger partial charge in [-0.05, 0) is 36.8 Å². The normalized spacial score (nSPS) is 12.6. The molecule has 1 amide bonds. The molecule has 3 heterocycles. The number of benzene rings is 1. The number of nitrogens with zero attached hydrogens (tertiary/aromatic N) is 5. The highest BCUT2D eigenvalue weighted by atomic mass is 32.2. The number of aromatic nitrogens is 4. The number of hydrogen-bond donors (Lipinski definition) is 0. The highest BCUT2D eigenvalue weighted by Crippen LogP contribution is 2.31. The molecular weight excluding hydrogens is 402 g/mol. The standard InChI is InChI=1S/C21H23N5O3S/c1-3-26-20(16-6-8-22-9-7-16)23-24-21(26)30-14-19(27)25(2)13-15-4-5-17-18(12-15)29-11-10-28-17/h4-9,12H,3,10-11,13-14H2,1-2H3. The van der Waals surface area contributed by atoms with Gasteiger partial charge in [-0.2, -0.15) is 0 Å². The SMILES string of the molecule is CCn1c(SCC(=O)N(C)Cc2ccc3c(c2)OCCO3)nnc1-c1ccncc1. The van der Waals surface area contributed by atoms with Gasteiger partial charge in [0, 0.05) is 38.1 Å². The van der Waals surface area contributed by atoms with Crippen LogP contribution in [0.2, 0.25) is 0 Å². The fourth-order valence-corrected chi connectivity index (χ4v) is 4.12. The summed E-state index contributed by atoms with van der Waals surface area (Å²) in [6, 6.07) is 9.58. The third kappa shape index (κ3) is 4.40. The van der Waals surface area contributed by atoms with Crippen LogP contribution in [-0.4, -0.2) is 56.6 Å². The molecule has 0 spiro atoms. The Morgan fingerprint density at radius 3 is 2.67 bits per heavy atom. The smallest absolute Gasteiger partial charge is 0.233 e. The number of thioether (sulfide) groups is 1. The number of fused-ring (bicyclic) bond motifs is 1. The number of carbonyl (C=O) groups excluding carboxylic acids is 1. The van der Waals surface area contributed by atoms with E-state index in [0.717, 1.165) is 33.6 Å². The molecule has 3 aromatic rings. The second-order valence-electron chi connectivity index (χ2n) is 6.80. The van der Waals surface area contributed by atoms with Gasteiger partial charge >= 0.3 is 0 Å². The first-order valence-corrected chi connectivity index (χ1v) is 10.7. The third-order valence-corrected chi connectivity index (χ3v) is 5.70. The fraction of sp³-hybridized carbons (Fsp3) is 0.333. The maximum Gasteiger partial charge on any atom is 0.233 e. The van der Waals surface area contributed by atoms with Gasteiger partial charge in [0.25, 0.3) is 0 Å².